The molecule has 0 fully saturated rings. The van der Waals surface area contributed by atoms with Crippen molar-refractivity contribution in [3.8, 4) is 22.8 Å². The molecule has 1 heterocycles. The molecule has 3 aromatic rings. The quantitative estimate of drug-likeness (QED) is 0.701. The minimum Gasteiger partial charge on any atom is -0.406 e. The van der Waals surface area contributed by atoms with Crippen LogP contribution in [0, 0.1) is 6.92 Å². The van der Waals surface area contributed by atoms with Crippen LogP contribution in [0.3, 0.4) is 0 Å². The van der Waals surface area contributed by atoms with E-state index in [-0.39, 0.29) is 5.75 Å². The van der Waals surface area contributed by atoms with Crippen LogP contribution in [0.15, 0.2) is 42.5 Å². The summed E-state index contributed by atoms with van der Waals surface area (Å²) in [5, 5.41) is 7.83. The second-order valence-corrected chi connectivity index (χ2v) is 5.85. The summed E-state index contributed by atoms with van der Waals surface area (Å²) in [5.41, 5.74) is 2.18. The van der Waals surface area contributed by atoms with Crippen LogP contribution in [0.1, 0.15) is 5.56 Å². The molecule has 1 N–H and O–H groups in total. The highest BCUT2D eigenvalue weighted by molar-refractivity contribution is 6.33. The lowest BCUT2D eigenvalue weighted by Crippen LogP contribution is -2.17. The van der Waals surface area contributed by atoms with E-state index in [0.717, 1.165) is 5.56 Å². The predicted molar refractivity (Wildman–Crippen MR) is 92.8 cm³/mol. The monoisotopic (exact) mass is 382 g/mol. The van der Waals surface area contributed by atoms with E-state index < -0.39 is 6.36 Å². The average Bonchev–Trinajstić information content (AvgIpc) is 2.98. The molecule has 0 aliphatic carbocycles. The van der Waals surface area contributed by atoms with Gasteiger partial charge in [-0.1, -0.05) is 17.7 Å². The molecule has 9 heteroatoms. The summed E-state index contributed by atoms with van der Waals surface area (Å²) < 4.78 is 42.2. The topological polar surface area (TPSA) is 52.0 Å². The fourth-order valence-corrected chi connectivity index (χ4v) is 2.68. The second kappa shape index (κ2) is 6.87. The summed E-state index contributed by atoms with van der Waals surface area (Å²) in [6.07, 6.45) is -4.74. The summed E-state index contributed by atoms with van der Waals surface area (Å²) in [7, 11) is 1.67. The van der Waals surface area contributed by atoms with E-state index in [1.165, 1.54) is 28.9 Å². The first-order valence-electron chi connectivity index (χ1n) is 7.54. The molecule has 0 unspecified atom stereocenters. The van der Waals surface area contributed by atoms with Crippen molar-refractivity contribution in [3.05, 3.63) is 53.1 Å². The Morgan fingerprint density at radius 3 is 2.38 bits per heavy atom. The molecule has 0 aliphatic rings. The fraction of sp³-hybridized carbons (Fsp3) is 0.176. The zero-order valence-corrected chi connectivity index (χ0v) is 14.6. The standard InChI is InChI=1S/C17H14ClF3N4O/c1-10-3-8-13(14(18)9-10)15-23-16(22-2)25(24-15)11-4-6-12(7-5-11)26-17(19,20)21/h3-9H,1-2H3,(H,22,23,24). The van der Waals surface area contributed by atoms with Crippen molar-refractivity contribution in [3.63, 3.8) is 0 Å². The van der Waals surface area contributed by atoms with E-state index in [1.807, 2.05) is 19.1 Å². The third-order valence-electron chi connectivity index (χ3n) is 3.51. The number of halogens is 4. The number of aryl methyl sites for hydroxylation is 1. The largest absolute Gasteiger partial charge is 0.573 e. The molecule has 0 saturated heterocycles. The molecule has 26 heavy (non-hydrogen) atoms. The van der Waals surface area contributed by atoms with Gasteiger partial charge in [0.15, 0.2) is 5.82 Å². The van der Waals surface area contributed by atoms with Crippen LogP contribution in [0.2, 0.25) is 5.02 Å². The first kappa shape index (κ1) is 18.1. The number of nitrogens with zero attached hydrogens (tertiary/aromatic N) is 3. The molecule has 0 bridgehead atoms. The van der Waals surface area contributed by atoms with Gasteiger partial charge in [0.1, 0.15) is 5.75 Å². The number of nitrogens with one attached hydrogen (secondary N) is 1. The van der Waals surface area contributed by atoms with Crippen LogP contribution in [0.5, 0.6) is 5.75 Å². The van der Waals surface area contributed by atoms with Crippen LogP contribution in [0.4, 0.5) is 19.1 Å². The maximum atomic E-state index is 12.3. The maximum absolute atomic E-state index is 12.3. The Kier molecular flexibility index (Phi) is 4.78. The summed E-state index contributed by atoms with van der Waals surface area (Å²) in [6, 6.07) is 10.8. The van der Waals surface area contributed by atoms with E-state index in [2.05, 4.69) is 20.1 Å². The summed E-state index contributed by atoms with van der Waals surface area (Å²) >= 11 is 6.26. The smallest absolute Gasteiger partial charge is 0.406 e. The Hall–Kier alpha value is -2.74. The normalized spacial score (nSPS) is 11.5. The predicted octanol–water partition coefficient (Wildman–Crippen LogP) is 4.84. The zero-order chi connectivity index (χ0) is 18.9. The van der Waals surface area contributed by atoms with Gasteiger partial charge in [-0.2, -0.15) is 9.67 Å². The van der Waals surface area contributed by atoms with Gasteiger partial charge in [-0.05, 0) is 48.9 Å². The molecule has 2 aromatic carbocycles. The molecule has 0 radical (unpaired) electrons. The number of hydrogen-bond acceptors (Lipinski definition) is 4. The lowest BCUT2D eigenvalue weighted by molar-refractivity contribution is -0.274. The third-order valence-corrected chi connectivity index (χ3v) is 3.82. The molecular weight excluding hydrogens is 369 g/mol. The van der Waals surface area contributed by atoms with Gasteiger partial charge in [0, 0.05) is 12.6 Å². The van der Waals surface area contributed by atoms with Crippen molar-refractivity contribution in [2.75, 3.05) is 12.4 Å². The van der Waals surface area contributed by atoms with Gasteiger partial charge in [0.25, 0.3) is 0 Å². The van der Waals surface area contributed by atoms with E-state index >= 15 is 0 Å². The highest BCUT2D eigenvalue weighted by Gasteiger charge is 2.31. The van der Waals surface area contributed by atoms with Gasteiger partial charge in [0.2, 0.25) is 5.95 Å². The minimum absolute atomic E-state index is 0.311. The minimum atomic E-state index is -4.74. The Morgan fingerprint density at radius 2 is 1.81 bits per heavy atom. The third kappa shape index (κ3) is 3.91. The zero-order valence-electron chi connectivity index (χ0n) is 13.8. The second-order valence-electron chi connectivity index (χ2n) is 5.45. The number of hydrogen-bond donors (Lipinski definition) is 1. The Balaban J connectivity index is 1.96. The van der Waals surface area contributed by atoms with Gasteiger partial charge in [-0.25, -0.2) is 0 Å². The van der Waals surface area contributed by atoms with Crippen LogP contribution in [-0.4, -0.2) is 28.2 Å². The van der Waals surface area contributed by atoms with Gasteiger partial charge >= 0.3 is 6.36 Å². The van der Waals surface area contributed by atoms with Crippen LogP contribution < -0.4 is 10.1 Å². The van der Waals surface area contributed by atoms with Crippen molar-refractivity contribution >= 4 is 17.5 Å². The SMILES string of the molecule is CNc1nc(-c2ccc(C)cc2Cl)nn1-c1ccc(OC(F)(F)F)cc1. The van der Waals surface area contributed by atoms with Crippen LogP contribution in [-0.2, 0) is 0 Å². The molecule has 3 rings (SSSR count). The molecule has 0 amide bonds. The molecule has 0 atom stereocenters. The average molecular weight is 383 g/mol. The number of benzene rings is 2. The van der Waals surface area contributed by atoms with E-state index in [9.17, 15) is 13.2 Å². The lowest BCUT2D eigenvalue weighted by Gasteiger charge is -2.10. The number of aromatic nitrogens is 3. The Morgan fingerprint density at radius 1 is 1.12 bits per heavy atom. The molecule has 1 aromatic heterocycles. The Bertz CT molecular complexity index is 923. The number of anilines is 1. The maximum Gasteiger partial charge on any atom is 0.573 e. The highest BCUT2D eigenvalue weighted by atomic mass is 35.5. The first-order valence-corrected chi connectivity index (χ1v) is 7.92. The summed E-state index contributed by atoms with van der Waals surface area (Å²) in [4.78, 5) is 4.39. The van der Waals surface area contributed by atoms with Crippen molar-refractivity contribution in [2.45, 2.75) is 13.3 Å². The number of rotatable bonds is 4. The van der Waals surface area contributed by atoms with Gasteiger partial charge in [0.05, 0.1) is 10.7 Å². The summed E-state index contributed by atoms with van der Waals surface area (Å²) in [6.45, 7) is 1.92. The van der Waals surface area contributed by atoms with E-state index in [0.29, 0.717) is 28.0 Å². The van der Waals surface area contributed by atoms with Crippen molar-refractivity contribution < 1.29 is 17.9 Å². The van der Waals surface area contributed by atoms with Crippen LogP contribution in [0.25, 0.3) is 17.1 Å². The van der Waals surface area contributed by atoms with E-state index in [1.54, 1.807) is 13.1 Å². The fourth-order valence-electron chi connectivity index (χ4n) is 2.36. The van der Waals surface area contributed by atoms with Gasteiger partial charge in [-0.3, -0.25) is 0 Å². The first-order chi connectivity index (χ1) is 12.3. The Labute approximate surface area is 152 Å². The molecular formula is C17H14ClF3N4O. The van der Waals surface area contributed by atoms with Crippen LogP contribution >= 0.6 is 11.6 Å². The van der Waals surface area contributed by atoms with Gasteiger partial charge in [-0.15, -0.1) is 18.3 Å². The molecule has 136 valence electrons. The van der Waals surface area contributed by atoms with Crippen molar-refractivity contribution in [2.24, 2.45) is 0 Å². The molecule has 0 saturated carbocycles. The lowest BCUT2D eigenvalue weighted by atomic mass is 10.1. The van der Waals surface area contributed by atoms with E-state index in [4.69, 9.17) is 11.6 Å². The molecule has 5 nitrogen and oxygen atoms in total. The van der Waals surface area contributed by atoms with Crippen molar-refractivity contribution in [1.82, 2.24) is 14.8 Å². The van der Waals surface area contributed by atoms with Crippen molar-refractivity contribution in [1.29, 1.82) is 0 Å². The molecule has 0 aliphatic heterocycles. The van der Waals surface area contributed by atoms with Gasteiger partial charge < -0.3 is 10.1 Å². The summed E-state index contributed by atoms with van der Waals surface area (Å²) in [5.74, 6) is 0.505. The molecule has 0 spiro atoms. The number of ether oxygens (including phenoxy) is 1. The number of alkyl halides is 3. The highest BCUT2D eigenvalue weighted by Crippen LogP contribution is 2.29.